The molecule has 3 amide bonds. The van der Waals surface area contributed by atoms with Crippen molar-refractivity contribution < 1.29 is 66.0 Å². The van der Waals surface area contributed by atoms with Crippen LogP contribution in [0.3, 0.4) is 0 Å². The zero-order valence-electron chi connectivity index (χ0n) is 29.7. The lowest BCUT2D eigenvalue weighted by molar-refractivity contribution is -0.135. The van der Waals surface area contributed by atoms with Crippen LogP contribution in [0, 0.1) is 12.8 Å². The molecule has 3 aliphatic heterocycles. The van der Waals surface area contributed by atoms with E-state index in [-0.39, 0.29) is 36.5 Å². The highest BCUT2D eigenvalue weighted by Gasteiger charge is 2.46. The van der Waals surface area contributed by atoms with E-state index in [2.05, 4.69) is 15.6 Å². The molecule has 1 aromatic rings. The summed E-state index contributed by atoms with van der Waals surface area (Å²) < 4.78 is 59.1. The van der Waals surface area contributed by atoms with Gasteiger partial charge in [0.05, 0.1) is 37.9 Å². The first-order valence-electron chi connectivity index (χ1n) is 17.4. The highest BCUT2D eigenvalue weighted by molar-refractivity contribution is 7.47. The summed E-state index contributed by atoms with van der Waals surface area (Å²) in [5.74, 6) is -2.06. The zero-order chi connectivity index (χ0) is 38.9. The van der Waals surface area contributed by atoms with Gasteiger partial charge < -0.3 is 29.7 Å². The van der Waals surface area contributed by atoms with Crippen LogP contribution in [0.25, 0.3) is 0 Å². The molecular weight excluding hydrogens is 746 g/mol. The fourth-order valence-electron chi connectivity index (χ4n) is 5.94. The van der Waals surface area contributed by atoms with Crippen LogP contribution in [0.1, 0.15) is 77.0 Å². The number of aliphatic hydroxyl groups excluding tert-OH is 1. The van der Waals surface area contributed by atoms with Crippen LogP contribution < -0.4 is 21.9 Å². The van der Waals surface area contributed by atoms with Crippen molar-refractivity contribution in [2.75, 3.05) is 26.4 Å². The van der Waals surface area contributed by atoms with Crippen LogP contribution in [0.2, 0.25) is 0 Å². The number of imide groups is 1. The van der Waals surface area contributed by atoms with Gasteiger partial charge in [0.2, 0.25) is 11.8 Å². The van der Waals surface area contributed by atoms with E-state index in [0.717, 1.165) is 23.8 Å². The van der Waals surface area contributed by atoms with Gasteiger partial charge in [0.1, 0.15) is 24.5 Å². The van der Waals surface area contributed by atoms with Gasteiger partial charge in [-0.3, -0.25) is 52.1 Å². The standard InChI is InChI=1S/C31H48N4O16P2/c1-4-9-26(37)32-10-7-5-6-8-11-46-52(42,43)47-17-25-23(14-27(50-25)35-15-19(3)29(39)34-31(35)41)51-53(44,45)48-16-24-21(36)13-22(49-24)20-12-18(2)28(38)33-30(20)40/h12,15,20-25,27,36H,4-11,13-14,16-17H2,1-3H3,(H,32,37)(H,42,43)(H,44,45)(H,33,38,40)(H,34,39,41). The number of ether oxygens (including phenoxy) is 2. The molecule has 6 N–H and O–H groups in total. The van der Waals surface area contributed by atoms with Gasteiger partial charge in [-0.1, -0.05) is 25.8 Å². The van der Waals surface area contributed by atoms with Crippen LogP contribution in [0.15, 0.2) is 27.4 Å². The SMILES string of the molecule is CCCC(=O)NCCCCCCOP(=O)(O)OCC1OC(n2cc(C)c(=O)[nH]c2=O)CC1OP(=O)(O)OCC1OC(C2C=C(C)C(=O)NC2=O)CC1O. The van der Waals surface area contributed by atoms with Crippen molar-refractivity contribution >= 4 is 33.4 Å². The molecule has 0 aromatic carbocycles. The Hall–Kier alpha value is -2.87. The second-order valence-corrected chi connectivity index (χ2v) is 15.9. The monoisotopic (exact) mass is 794 g/mol. The molecule has 53 heavy (non-hydrogen) atoms. The highest BCUT2D eigenvalue weighted by Crippen LogP contribution is 2.50. The Morgan fingerprint density at radius 1 is 0.981 bits per heavy atom. The average Bonchev–Trinajstić information content (AvgIpc) is 3.65. The van der Waals surface area contributed by atoms with Crippen molar-refractivity contribution in [1.82, 2.24) is 20.2 Å². The number of nitrogens with one attached hydrogen (secondary N) is 3. The van der Waals surface area contributed by atoms with E-state index in [9.17, 15) is 48.0 Å². The number of hydrogen-bond donors (Lipinski definition) is 6. The summed E-state index contributed by atoms with van der Waals surface area (Å²) >= 11 is 0. The van der Waals surface area contributed by atoms with Crippen molar-refractivity contribution in [3.05, 3.63) is 44.2 Å². The van der Waals surface area contributed by atoms with E-state index in [0.29, 0.717) is 25.8 Å². The maximum Gasteiger partial charge on any atom is 0.472 e. The summed E-state index contributed by atoms with van der Waals surface area (Å²) in [6.07, 6.45) is -0.952. The molecule has 4 heterocycles. The van der Waals surface area contributed by atoms with Gasteiger partial charge in [-0.15, -0.1) is 0 Å². The van der Waals surface area contributed by atoms with E-state index >= 15 is 0 Å². The Morgan fingerprint density at radius 2 is 1.68 bits per heavy atom. The van der Waals surface area contributed by atoms with E-state index in [1.807, 2.05) is 6.92 Å². The van der Waals surface area contributed by atoms with Crippen LogP contribution >= 0.6 is 15.6 Å². The topological polar surface area (TPSA) is 280 Å². The number of phosphoric ester groups is 2. The molecule has 9 unspecified atom stereocenters. The number of phosphoric acid groups is 2. The third-order valence-electron chi connectivity index (χ3n) is 8.81. The molecule has 22 heteroatoms. The third-order valence-corrected chi connectivity index (χ3v) is 10.8. The van der Waals surface area contributed by atoms with E-state index in [1.54, 1.807) is 0 Å². The number of aromatic nitrogens is 2. The largest absolute Gasteiger partial charge is 0.472 e. The Kier molecular flexibility index (Phi) is 15.5. The molecule has 1 aromatic heterocycles. The molecule has 3 aliphatic rings. The quantitative estimate of drug-likeness (QED) is 0.0610. The van der Waals surface area contributed by atoms with Crippen molar-refractivity contribution in [3.8, 4) is 0 Å². The van der Waals surface area contributed by atoms with Gasteiger partial charge in [-0.05, 0) is 33.1 Å². The molecule has 2 fully saturated rings. The molecule has 0 aliphatic carbocycles. The second kappa shape index (κ2) is 19.1. The molecule has 0 saturated carbocycles. The predicted octanol–water partition coefficient (Wildman–Crippen LogP) is 0.982. The molecule has 0 radical (unpaired) electrons. The van der Waals surface area contributed by atoms with Crippen LogP contribution in [-0.2, 0) is 51.1 Å². The smallest absolute Gasteiger partial charge is 0.390 e. The number of aromatic amines is 1. The minimum atomic E-state index is -4.99. The van der Waals surface area contributed by atoms with Crippen molar-refractivity contribution in [1.29, 1.82) is 0 Å². The summed E-state index contributed by atoms with van der Waals surface area (Å²) in [4.78, 5) is 83.2. The fraction of sp³-hybridized carbons (Fsp3) is 0.710. The average molecular weight is 795 g/mol. The van der Waals surface area contributed by atoms with Crippen molar-refractivity contribution in [2.45, 2.75) is 109 Å². The minimum Gasteiger partial charge on any atom is -0.390 e. The molecule has 298 valence electrons. The molecular formula is C31H48N4O16P2. The maximum atomic E-state index is 13.1. The van der Waals surface area contributed by atoms with Crippen molar-refractivity contribution in [2.24, 2.45) is 5.92 Å². The molecule has 0 bridgehead atoms. The number of H-pyrrole nitrogens is 1. The van der Waals surface area contributed by atoms with Gasteiger partial charge in [-0.2, -0.15) is 0 Å². The minimum absolute atomic E-state index is 0.0112. The fourth-order valence-corrected chi connectivity index (χ4v) is 7.67. The number of unbranched alkanes of at least 4 members (excludes halogenated alkanes) is 3. The van der Waals surface area contributed by atoms with Gasteiger partial charge >= 0.3 is 21.3 Å². The number of amides is 3. The Bertz CT molecular complexity index is 1710. The number of carbonyl (C=O) groups excluding carboxylic acids is 3. The van der Waals surface area contributed by atoms with Gasteiger partial charge in [0.25, 0.3) is 11.5 Å². The Labute approximate surface area is 304 Å². The summed E-state index contributed by atoms with van der Waals surface area (Å²) in [6.45, 7) is 3.95. The lowest BCUT2D eigenvalue weighted by Crippen LogP contribution is -2.44. The van der Waals surface area contributed by atoms with E-state index < -0.39 is 94.6 Å². The predicted molar refractivity (Wildman–Crippen MR) is 183 cm³/mol. The van der Waals surface area contributed by atoms with Gasteiger partial charge in [-0.25, -0.2) is 13.9 Å². The van der Waals surface area contributed by atoms with E-state index in [1.165, 1.54) is 26.1 Å². The maximum absolute atomic E-state index is 13.1. The molecule has 0 spiro atoms. The van der Waals surface area contributed by atoms with Crippen LogP contribution in [0.4, 0.5) is 0 Å². The molecule has 9 atom stereocenters. The number of rotatable bonds is 20. The third kappa shape index (κ3) is 12.6. The lowest BCUT2D eigenvalue weighted by Gasteiger charge is -2.24. The Morgan fingerprint density at radius 3 is 2.42 bits per heavy atom. The second-order valence-electron chi connectivity index (χ2n) is 13.1. The summed E-state index contributed by atoms with van der Waals surface area (Å²) in [6, 6.07) is 0. The number of aliphatic hydroxyl groups is 1. The zero-order valence-corrected chi connectivity index (χ0v) is 31.5. The van der Waals surface area contributed by atoms with E-state index in [4.69, 9.17) is 27.6 Å². The molecule has 4 rings (SSSR count). The van der Waals surface area contributed by atoms with Gasteiger partial charge in [0, 0.05) is 43.1 Å². The van der Waals surface area contributed by atoms with Crippen molar-refractivity contribution in [3.63, 3.8) is 0 Å². The van der Waals surface area contributed by atoms with Crippen LogP contribution in [-0.4, -0.2) is 99.1 Å². The number of aryl methyl sites for hydroxylation is 1. The normalized spacial score (nSPS) is 28.3. The summed E-state index contributed by atoms with van der Waals surface area (Å²) in [5.41, 5.74) is -1.04. The number of carbonyl (C=O) groups is 3. The van der Waals surface area contributed by atoms with Crippen LogP contribution in [0.5, 0.6) is 0 Å². The highest BCUT2D eigenvalue weighted by atomic mass is 31.2. The lowest BCUT2D eigenvalue weighted by atomic mass is 9.93. The molecule has 2 saturated heterocycles. The number of nitrogens with zero attached hydrogens (tertiary/aromatic N) is 1. The van der Waals surface area contributed by atoms with Gasteiger partial charge in [0.15, 0.2) is 0 Å². The Balaban J connectivity index is 1.33. The molecule has 20 nitrogen and oxygen atoms in total. The summed E-state index contributed by atoms with van der Waals surface area (Å²) in [5, 5.41) is 15.6. The first-order valence-corrected chi connectivity index (χ1v) is 20.4. The first kappa shape index (κ1) is 42.9. The first-order chi connectivity index (χ1) is 25.0. The summed E-state index contributed by atoms with van der Waals surface area (Å²) in [7, 11) is -9.64. The number of hydrogen-bond acceptors (Lipinski definition) is 14.